The van der Waals surface area contributed by atoms with Gasteiger partial charge in [-0.15, -0.1) is 0 Å². The van der Waals surface area contributed by atoms with Crippen LogP contribution in [0.3, 0.4) is 0 Å². The molecule has 1 saturated heterocycles. The molecule has 26 heavy (non-hydrogen) atoms. The van der Waals surface area contributed by atoms with Crippen LogP contribution in [-0.4, -0.2) is 23.1 Å². The maximum absolute atomic E-state index is 14.3. The Labute approximate surface area is 158 Å². The fourth-order valence-electron chi connectivity index (χ4n) is 3.01. The fraction of sp³-hybridized carbons (Fsp3) is 0.400. The number of rotatable bonds is 4. The van der Waals surface area contributed by atoms with Gasteiger partial charge in [0.25, 0.3) is 0 Å². The number of hydrogen-bond donors (Lipinski definition) is 2. The van der Waals surface area contributed by atoms with Gasteiger partial charge in [-0.05, 0) is 37.5 Å². The first-order chi connectivity index (χ1) is 12.5. The Bertz CT molecular complexity index is 698. The summed E-state index contributed by atoms with van der Waals surface area (Å²) in [7, 11) is 1.00. The van der Waals surface area contributed by atoms with Crippen LogP contribution < -0.4 is 5.73 Å². The van der Waals surface area contributed by atoms with E-state index in [2.05, 4.69) is 16.4 Å². The molecule has 2 aromatic rings. The first-order valence-electron chi connectivity index (χ1n) is 8.69. The molecule has 142 valence electrons. The van der Waals surface area contributed by atoms with Crippen molar-refractivity contribution in [1.29, 1.82) is 0 Å². The highest BCUT2D eigenvalue weighted by molar-refractivity contribution is 7.97. The predicted molar refractivity (Wildman–Crippen MR) is 104 cm³/mol. The van der Waals surface area contributed by atoms with E-state index < -0.39 is 11.9 Å². The molecule has 3 rings (SSSR count). The van der Waals surface area contributed by atoms with Crippen LogP contribution in [-0.2, 0) is 6.54 Å². The summed E-state index contributed by atoms with van der Waals surface area (Å²) < 4.78 is 30.5. The summed E-state index contributed by atoms with van der Waals surface area (Å²) in [6, 6.07) is 12.3. The topological polar surface area (TPSA) is 49.5 Å². The van der Waals surface area contributed by atoms with Gasteiger partial charge >= 0.3 is 0 Å². The lowest BCUT2D eigenvalue weighted by Crippen LogP contribution is -2.24. The Kier molecular flexibility index (Phi) is 8.03. The molecule has 0 spiro atoms. The minimum absolute atomic E-state index is 0.227. The molecule has 2 atom stereocenters. The number of halogens is 2. The predicted octanol–water partition coefficient (Wildman–Crippen LogP) is 4.58. The van der Waals surface area contributed by atoms with E-state index in [4.69, 9.17) is 10.8 Å². The van der Waals surface area contributed by atoms with Crippen LogP contribution in [0.25, 0.3) is 0 Å². The van der Waals surface area contributed by atoms with Crippen LogP contribution >= 0.6 is 11.9 Å². The van der Waals surface area contributed by atoms with Gasteiger partial charge in [-0.25, -0.2) is 13.1 Å². The highest BCUT2D eigenvalue weighted by Crippen LogP contribution is 2.40. The van der Waals surface area contributed by atoms with Gasteiger partial charge in [-0.1, -0.05) is 42.3 Å². The average Bonchev–Trinajstić information content (AvgIpc) is 2.67. The van der Waals surface area contributed by atoms with Crippen molar-refractivity contribution in [2.75, 3.05) is 13.7 Å². The van der Waals surface area contributed by atoms with Crippen molar-refractivity contribution in [2.45, 2.75) is 37.6 Å². The van der Waals surface area contributed by atoms with E-state index in [-0.39, 0.29) is 11.4 Å². The monoisotopic (exact) mass is 380 g/mol. The fourth-order valence-corrected chi connectivity index (χ4v) is 4.37. The van der Waals surface area contributed by atoms with Crippen LogP contribution in [0, 0.1) is 11.6 Å². The molecule has 2 aromatic carbocycles. The molecule has 2 unspecified atom stereocenters. The van der Waals surface area contributed by atoms with Crippen molar-refractivity contribution >= 4 is 11.9 Å². The first kappa shape index (κ1) is 20.8. The highest BCUT2D eigenvalue weighted by atomic mass is 32.2. The first-order valence-corrected chi connectivity index (χ1v) is 9.53. The zero-order valence-corrected chi connectivity index (χ0v) is 16.0. The molecular formula is C20H26F2N2OS. The van der Waals surface area contributed by atoms with Crippen LogP contribution in [0.2, 0.25) is 0 Å². The lowest BCUT2D eigenvalue weighted by Gasteiger charge is -2.32. The lowest BCUT2D eigenvalue weighted by atomic mass is 10.0. The Balaban J connectivity index is 0.00000117. The van der Waals surface area contributed by atoms with Gasteiger partial charge in [0.1, 0.15) is 11.6 Å². The standard InChI is InChI=1S/C19H22F2N2S.CH4O/c1-13(22)16-11-17(20)15(10-18(16)21)12-23-9-5-8-19(24-23)14-6-3-2-4-7-14;1-2/h2-4,6-7,10-11,13,19H,5,8-9,12,22H2,1H3;2H,1H3. The van der Waals surface area contributed by atoms with E-state index in [0.29, 0.717) is 17.4 Å². The van der Waals surface area contributed by atoms with Crippen molar-refractivity contribution in [3.63, 3.8) is 0 Å². The number of hydrogen-bond acceptors (Lipinski definition) is 4. The van der Waals surface area contributed by atoms with E-state index in [9.17, 15) is 8.78 Å². The Morgan fingerprint density at radius 1 is 1.19 bits per heavy atom. The van der Waals surface area contributed by atoms with Gasteiger partial charge < -0.3 is 10.8 Å². The number of nitrogens with two attached hydrogens (primary N) is 1. The zero-order chi connectivity index (χ0) is 19.1. The molecule has 3 N–H and O–H groups in total. The van der Waals surface area contributed by atoms with Crippen molar-refractivity contribution in [2.24, 2.45) is 5.73 Å². The van der Waals surface area contributed by atoms with Crippen molar-refractivity contribution in [1.82, 2.24) is 4.31 Å². The van der Waals surface area contributed by atoms with Gasteiger partial charge in [0.2, 0.25) is 0 Å². The molecule has 1 aliphatic heterocycles. The van der Waals surface area contributed by atoms with Crippen molar-refractivity contribution < 1.29 is 13.9 Å². The summed E-state index contributed by atoms with van der Waals surface area (Å²) in [5.41, 5.74) is 7.58. The second-order valence-electron chi connectivity index (χ2n) is 6.26. The molecule has 6 heteroatoms. The molecule has 0 amide bonds. The number of nitrogens with zero attached hydrogens (tertiary/aromatic N) is 1. The molecular weight excluding hydrogens is 354 g/mol. The van der Waals surface area contributed by atoms with Crippen LogP contribution in [0.15, 0.2) is 42.5 Å². The molecule has 1 aliphatic rings. The maximum atomic E-state index is 14.3. The summed E-state index contributed by atoms with van der Waals surface area (Å²) in [6.45, 7) is 2.93. The third kappa shape index (κ3) is 5.27. The van der Waals surface area contributed by atoms with E-state index in [1.807, 2.05) is 18.2 Å². The summed E-state index contributed by atoms with van der Waals surface area (Å²) in [5, 5.41) is 7.37. The molecule has 0 bridgehead atoms. The molecule has 0 saturated carbocycles. The summed E-state index contributed by atoms with van der Waals surface area (Å²) >= 11 is 1.72. The number of aliphatic hydroxyl groups is 1. The minimum atomic E-state index is -0.514. The third-order valence-electron chi connectivity index (χ3n) is 4.32. The van der Waals surface area contributed by atoms with Gasteiger partial charge in [0.15, 0.2) is 0 Å². The largest absolute Gasteiger partial charge is 0.400 e. The molecule has 0 radical (unpaired) electrons. The molecule has 0 aliphatic carbocycles. The lowest BCUT2D eigenvalue weighted by molar-refractivity contribution is 0.399. The van der Waals surface area contributed by atoms with Crippen LogP contribution in [0.1, 0.15) is 47.7 Å². The smallest absolute Gasteiger partial charge is 0.128 e. The SMILES string of the molecule is CC(N)c1cc(F)c(CN2CCCC(c3ccccc3)S2)cc1F.CO. The summed E-state index contributed by atoms with van der Waals surface area (Å²) in [4.78, 5) is 0. The molecule has 1 fully saturated rings. The van der Waals surface area contributed by atoms with Gasteiger partial charge in [-0.2, -0.15) is 0 Å². The van der Waals surface area contributed by atoms with Crippen molar-refractivity contribution in [3.8, 4) is 0 Å². The van der Waals surface area contributed by atoms with Crippen LogP contribution in [0.5, 0.6) is 0 Å². The van der Waals surface area contributed by atoms with Gasteiger partial charge in [0.05, 0.1) is 0 Å². The Hall–Kier alpha value is -1.47. The average molecular weight is 381 g/mol. The quantitative estimate of drug-likeness (QED) is 0.763. The van der Waals surface area contributed by atoms with Crippen molar-refractivity contribution in [3.05, 3.63) is 70.8 Å². The van der Waals surface area contributed by atoms with E-state index >= 15 is 0 Å². The Morgan fingerprint density at radius 2 is 1.88 bits per heavy atom. The second kappa shape index (κ2) is 10.0. The second-order valence-corrected chi connectivity index (χ2v) is 7.56. The summed E-state index contributed by atoms with van der Waals surface area (Å²) in [6.07, 6.45) is 2.15. The highest BCUT2D eigenvalue weighted by Gasteiger charge is 2.23. The van der Waals surface area contributed by atoms with E-state index in [1.54, 1.807) is 18.9 Å². The van der Waals surface area contributed by atoms with E-state index in [1.165, 1.54) is 17.7 Å². The summed E-state index contributed by atoms with van der Waals surface area (Å²) in [5.74, 6) is -0.811. The molecule has 3 nitrogen and oxygen atoms in total. The van der Waals surface area contributed by atoms with Gasteiger partial charge in [-0.3, -0.25) is 0 Å². The normalized spacial score (nSPS) is 18.8. The Morgan fingerprint density at radius 3 is 2.54 bits per heavy atom. The van der Waals surface area contributed by atoms with E-state index in [0.717, 1.165) is 26.5 Å². The number of benzene rings is 2. The maximum Gasteiger partial charge on any atom is 0.128 e. The molecule has 0 aromatic heterocycles. The minimum Gasteiger partial charge on any atom is -0.400 e. The van der Waals surface area contributed by atoms with Crippen LogP contribution in [0.4, 0.5) is 8.78 Å². The van der Waals surface area contributed by atoms with Gasteiger partial charge in [0, 0.05) is 42.6 Å². The third-order valence-corrected chi connectivity index (χ3v) is 5.70. The molecule has 1 heterocycles. The zero-order valence-electron chi connectivity index (χ0n) is 15.2. The number of aliphatic hydroxyl groups excluding tert-OH is 1.